The highest BCUT2D eigenvalue weighted by Crippen LogP contribution is 2.31. The van der Waals surface area contributed by atoms with Gasteiger partial charge in [0.15, 0.2) is 5.69 Å². The van der Waals surface area contributed by atoms with E-state index in [-0.39, 0.29) is 16.6 Å². The van der Waals surface area contributed by atoms with Crippen molar-refractivity contribution in [1.82, 2.24) is 14.8 Å². The zero-order valence-corrected chi connectivity index (χ0v) is 16.6. The lowest BCUT2D eigenvalue weighted by Crippen LogP contribution is -2.16. The van der Waals surface area contributed by atoms with Crippen molar-refractivity contribution >= 4 is 44.2 Å². The number of rotatable bonds is 7. The van der Waals surface area contributed by atoms with E-state index in [1.807, 2.05) is 0 Å². The largest absolute Gasteiger partial charge is 0.494 e. The molecule has 0 amide bonds. The first-order valence-corrected chi connectivity index (χ1v) is 10.2. The predicted octanol–water partition coefficient (Wildman–Crippen LogP) is 2.93. The zero-order chi connectivity index (χ0) is 20.5. The highest BCUT2D eigenvalue weighted by molar-refractivity contribution is 7.92. The average Bonchev–Trinajstić information content (AvgIpc) is 3.00. The molecule has 0 saturated carbocycles. The van der Waals surface area contributed by atoms with E-state index >= 15 is 0 Å². The molecule has 11 heteroatoms. The van der Waals surface area contributed by atoms with Crippen molar-refractivity contribution in [1.29, 1.82) is 0 Å². The van der Waals surface area contributed by atoms with E-state index in [9.17, 15) is 18.3 Å². The number of fused-ring (bicyclic) bond motifs is 1. The fourth-order valence-corrected chi connectivity index (χ4v) is 4.02. The maximum absolute atomic E-state index is 12.0. The highest BCUT2D eigenvalue weighted by Gasteiger charge is 2.20. The van der Waals surface area contributed by atoms with Gasteiger partial charge in [-0.15, -0.1) is 0 Å². The summed E-state index contributed by atoms with van der Waals surface area (Å²) in [6.07, 6.45) is 1.82. The van der Waals surface area contributed by atoms with E-state index in [1.165, 1.54) is 30.1 Å². The Bertz CT molecular complexity index is 1160. The summed E-state index contributed by atoms with van der Waals surface area (Å²) in [5.41, 5.74) is 0.980. The summed E-state index contributed by atoms with van der Waals surface area (Å²) in [6.45, 7) is 1.77. The molecule has 28 heavy (non-hydrogen) atoms. The number of nitrogens with one attached hydrogen (secondary N) is 1. The van der Waals surface area contributed by atoms with E-state index in [2.05, 4.69) is 14.8 Å². The van der Waals surface area contributed by atoms with E-state index in [0.29, 0.717) is 34.4 Å². The van der Waals surface area contributed by atoms with Gasteiger partial charge >= 0.3 is 5.97 Å². The van der Waals surface area contributed by atoms with E-state index in [0.717, 1.165) is 0 Å². The van der Waals surface area contributed by atoms with Crippen molar-refractivity contribution in [3.05, 3.63) is 41.3 Å². The van der Waals surface area contributed by atoms with Crippen LogP contribution in [0.1, 0.15) is 23.8 Å². The number of carboxylic acid groups (broad SMARTS) is 1. The number of anilines is 1. The Balaban J connectivity index is 2.14. The van der Waals surface area contributed by atoms with Gasteiger partial charge in [0.25, 0.3) is 0 Å². The maximum Gasteiger partial charge on any atom is 0.357 e. The number of hydrogen-bond acceptors (Lipinski definition) is 6. The fourth-order valence-electron chi connectivity index (χ4n) is 2.74. The number of halogens is 1. The van der Waals surface area contributed by atoms with Crippen LogP contribution >= 0.6 is 11.6 Å². The Morgan fingerprint density at radius 1 is 1.36 bits per heavy atom. The molecule has 2 heterocycles. The molecular formula is C17H17ClN4O5S. The van der Waals surface area contributed by atoms with Crippen LogP contribution in [-0.4, -0.2) is 47.1 Å². The molecule has 0 bridgehead atoms. The summed E-state index contributed by atoms with van der Waals surface area (Å²) in [6, 6.07) is 6.11. The second kappa shape index (κ2) is 7.64. The predicted molar refractivity (Wildman–Crippen MR) is 105 cm³/mol. The minimum absolute atomic E-state index is 0.00562. The van der Waals surface area contributed by atoms with Crippen molar-refractivity contribution in [3.8, 4) is 11.4 Å². The van der Waals surface area contributed by atoms with Crippen LogP contribution in [0, 0.1) is 0 Å². The number of sulfonamides is 1. The lowest BCUT2D eigenvalue weighted by Gasteiger charge is -2.13. The van der Waals surface area contributed by atoms with Gasteiger partial charge in [-0.25, -0.2) is 22.9 Å². The molecule has 0 spiro atoms. The number of ether oxygens (including phenoxy) is 1. The quantitative estimate of drug-likeness (QED) is 0.559. The van der Waals surface area contributed by atoms with Gasteiger partial charge in [-0.1, -0.05) is 18.5 Å². The molecule has 2 N–H and O–H groups in total. The second-order valence-corrected chi connectivity index (χ2v) is 8.13. The van der Waals surface area contributed by atoms with Crippen LogP contribution < -0.4 is 9.46 Å². The lowest BCUT2D eigenvalue weighted by molar-refractivity contribution is 0.0692. The molecule has 0 aliphatic heterocycles. The number of pyridine rings is 1. The van der Waals surface area contributed by atoms with E-state index in [4.69, 9.17) is 16.3 Å². The minimum Gasteiger partial charge on any atom is -0.494 e. The Morgan fingerprint density at radius 2 is 2.11 bits per heavy atom. The Kier molecular flexibility index (Phi) is 5.43. The zero-order valence-electron chi connectivity index (χ0n) is 15.0. The lowest BCUT2D eigenvalue weighted by atomic mass is 10.2. The molecule has 0 unspecified atom stereocenters. The van der Waals surface area contributed by atoms with E-state index < -0.39 is 16.0 Å². The summed E-state index contributed by atoms with van der Waals surface area (Å²) in [5.74, 6) is -0.921. The Hall–Kier alpha value is -2.85. The fraction of sp³-hybridized carbons (Fsp3) is 0.235. The summed E-state index contributed by atoms with van der Waals surface area (Å²) in [4.78, 5) is 15.4. The topological polar surface area (TPSA) is 123 Å². The summed E-state index contributed by atoms with van der Waals surface area (Å²) in [7, 11) is -2.05. The number of aromatic carboxylic acids is 1. The number of benzene rings is 1. The Labute approximate surface area is 166 Å². The maximum atomic E-state index is 12.0. The number of methoxy groups -OCH3 is 1. The standard InChI is InChI=1S/C17H17ClN4O5S/c1-3-6-28(25,26)21-10-4-5-12(14(7-10)27-2)22-13-8-15(18)19-9-11(13)16(20-22)17(23)24/h4-5,7-9,21H,3,6H2,1-2H3,(H,23,24). The summed E-state index contributed by atoms with van der Waals surface area (Å²) in [5, 5.41) is 14.0. The van der Waals surface area contributed by atoms with Gasteiger partial charge in [-0.2, -0.15) is 5.10 Å². The number of aromatic nitrogens is 3. The molecule has 0 aliphatic rings. The van der Waals surface area contributed by atoms with Gasteiger partial charge in [-0.3, -0.25) is 4.72 Å². The van der Waals surface area contributed by atoms with E-state index in [1.54, 1.807) is 19.1 Å². The van der Waals surface area contributed by atoms with Crippen molar-refractivity contribution in [2.45, 2.75) is 13.3 Å². The highest BCUT2D eigenvalue weighted by atomic mass is 35.5. The monoisotopic (exact) mass is 424 g/mol. The molecule has 0 aliphatic carbocycles. The van der Waals surface area contributed by atoms with Crippen LogP contribution in [-0.2, 0) is 10.0 Å². The molecule has 9 nitrogen and oxygen atoms in total. The summed E-state index contributed by atoms with van der Waals surface area (Å²) >= 11 is 5.96. The molecule has 3 aromatic rings. The normalized spacial score (nSPS) is 11.5. The smallest absolute Gasteiger partial charge is 0.357 e. The number of nitrogens with zero attached hydrogens (tertiary/aromatic N) is 3. The first-order chi connectivity index (χ1) is 13.3. The second-order valence-electron chi connectivity index (χ2n) is 5.90. The molecule has 0 fully saturated rings. The Morgan fingerprint density at radius 3 is 2.75 bits per heavy atom. The van der Waals surface area contributed by atoms with Gasteiger partial charge in [0.1, 0.15) is 16.6 Å². The number of carboxylic acids is 1. The van der Waals surface area contributed by atoms with Gasteiger partial charge < -0.3 is 9.84 Å². The van der Waals surface area contributed by atoms with Gasteiger partial charge in [0.05, 0.1) is 29.5 Å². The first-order valence-electron chi connectivity index (χ1n) is 8.22. The summed E-state index contributed by atoms with van der Waals surface area (Å²) < 4.78 is 33.2. The molecule has 2 aromatic heterocycles. The molecule has 0 saturated heterocycles. The first kappa shape index (κ1) is 19.9. The van der Waals surface area contributed by atoms with Crippen LogP contribution in [0.3, 0.4) is 0 Å². The third-order valence-corrected chi connectivity index (χ3v) is 5.59. The van der Waals surface area contributed by atoms with Crippen LogP contribution in [0.25, 0.3) is 16.6 Å². The number of carbonyl (C=O) groups is 1. The van der Waals surface area contributed by atoms with Crippen molar-refractivity contribution in [2.24, 2.45) is 0 Å². The molecule has 0 radical (unpaired) electrons. The van der Waals surface area contributed by atoms with Gasteiger partial charge in [-0.05, 0) is 18.6 Å². The van der Waals surface area contributed by atoms with Crippen LogP contribution in [0.2, 0.25) is 5.15 Å². The third-order valence-electron chi connectivity index (χ3n) is 3.89. The molecule has 0 atom stereocenters. The van der Waals surface area contributed by atoms with Crippen LogP contribution in [0.4, 0.5) is 5.69 Å². The van der Waals surface area contributed by atoms with Crippen molar-refractivity contribution in [2.75, 3.05) is 17.6 Å². The molecule has 1 aromatic carbocycles. The third kappa shape index (κ3) is 3.87. The molecule has 3 rings (SSSR count). The SMILES string of the molecule is CCCS(=O)(=O)Nc1ccc(-n2nc(C(=O)O)c3cnc(Cl)cc32)c(OC)c1. The van der Waals surface area contributed by atoms with Gasteiger partial charge in [0.2, 0.25) is 10.0 Å². The van der Waals surface area contributed by atoms with Crippen molar-refractivity contribution < 1.29 is 23.1 Å². The van der Waals surface area contributed by atoms with Crippen molar-refractivity contribution in [3.63, 3.8) is 0 Å². The number of hydrogen-bond donors (Lipinski definition) is 2. The molecule has 148 valence electrons. The van der Waals surface area contributed by atoms with Crippen LogP contribution in [0.5, 0.6) is 5.75 Å². The van der Waals surface area contributed by atoms with Gasteiger partial charge in [0, 0.05) is 18.3 Å². The molecular weight excluding hydrogens is 408 g/mol. The van der Waals surface area contributed by atoms with Crippen LogP contribution in [0.15, 0.2) is 30.5 Å². The minimum atomic E-state index is -3.47. The average molecular weight is 425 g/mol.